The van der Waals surface area contributed by atoms with E-state index in [1.54, 1.807) is 24.7 Å². The van der Waals surface area contributed by atoms with Crippen molar-refractivity contribution in [3.8, 4) is 0 Å². The first-order valence-corrected chi connectivity index (χ1v) is 7.20. The molecule has 2 rings (SSSR count). The molecule has 0 spiro atoms. The summed E-state index contributed by atoms with van der Waals surface area (Å²) in [6, 6.07) is 5.01. The van der Waals surface area contributed by atoms with Crippen molar-refractivity contribution in [1.29, 1.82) is 0 Å². The molecule has 0 amide bonds. The quantitative estimate of drug-likeness (QED) is 0.629. The number of hydrogen-bond donors (Lipinski definition) is 0. The van der Waals surface area contributed by atoms with E-state index in [0.717, 1.165) is 23.0 Å². The van der Waals surface area contributed by atoms with E-state index >= 15 is 0 Å². The highest BCUT2D eigenvalue weighted by Crippen LogP contribution is 2.32. The van der Waals surface area contributed by atoms with Crippen molar-refractivity contribution in [2.24, 2.45) is 7.05 Å². The molecule has 24 heavy (non-hydrogen) atoms. The van der Waals surface area contributed by atoms with Crippen LogP contribution in [-0.4, -0.2) is 15.7 Å². The molecule has 2 aromatic rings. The van der Waals surface area contributed by atoms with Crippen molar-refractivity contribution in [2.45, 2.75) is 26.6 Å². The number of carbonyl (C=O) groups excluding carboxylic acids is 1. The molecular weight excluding hydrogens is 321 g/mol. The number of halogens is 3. The van der Waals surface area contributed by atoms with E-state index in [-0.39, 0.29) is 5.56 Å². The molecule has 0 aliphatic heterocycles. The normalized spacial score (nSPS) is 11.9. The van der Waals surface area contributed by atoms with Crippen molar-refractivity contribution >= 4 is 12.0 Å². The average molecular weight is 338 g/mol. The zero-order chi connectivity index (χ0) is 17.9. The summed E-state index contributed by atoms with van der Waals surface area (Å²) in [7, 11) is 1.78. The van der Waals surface area contributed by atoms with Gasteiger partial charge in [-0.1, -0.05) is 18.2 Å². The smallest absolute Gasteiger partial charge is 0.416 e. The molecule has 0 saturated carbocycles. The Kier molecular flexibility index (Phi) is 5.11. The third-order valence-electron chi connectivity index (χ3n) is 3.64. The maximum absolute atomic E-state index is 12.9. The van der Waals surface area contributed by atoms with Gasteiger partial charge < -0.3 is 4.74 Å². The molecule has 0 aliphatic carbocycles. The third-order valence-corrected chi connectivity index (χ3v) is 3.64. The lowest BCUT2D eigenvalue weighted by Gasteiger charge is -2.12. The predicted octanol–water partition coefficient (Wildman–Crippen LogP) is 3.81. The molecule has 0 N–H and O–H groups in total. The summed E-state index contributed by atoms with van der Waals surface area (Å²) in [5.41, 5.74) is 1.52. The Morgan fingerprint density at radius 2 is 1.96 bits per heavy atom. The second kappa shape index (κ2) is 6.90. The van der Waals surface area contributed by atoms with Gasteiger partial charge in [0.1, 0.15) is 6.61 Å². The van der Waals surface area contributed by atoms with Gasteiger partial charge in [0.15, 0.2) is 0 Å². The Bertz CT molecular complexity index is 777. The van der Waals surface area contributed by atoms with Gasteiger partial charge in [0.2, 0.25) is 0 Å². The largest absolute Gasteiger partial charge is 0.458 e. The minimum Gasteiger partial charge on any atom is -0.458 e. The maximum Gasteiger partial charge on any atom is 0.416 e. The molecule has 0 unspecified atom stereocenters. The number of carbonyl (C=O) groups is 1. The molecule has 0 saturated heterocycles. The highest BCUT2D eigenvalue weighted by Gasteiger charge is 2.33. The number of benzene rings is 1. The van der Waals surface area contributed by atoms with Crippen LogP contribution in [0.4, 0.5) is 13.2 Å². The standard InChI is InChI=1S/C17H17F3N2O2/c1-11-14(12(2)22(3)21-11)8-9-16(23)24-10-13-6-4-5-7-15(13)17(18,19)20/h4-9H,10H2,1-3H3/b9-8+. The monoisotopic (exact) mass is 338 g/mol. The lowest BCUT2D eigenvalue weighted by Crippen LogP contribution is -2.11. The molecular formula is C17H17F3N2O2. The summed E-state index contributed by atoms with van der Waals surface area (Å²) in [5.74, 6) is -0.713. The Balaban J connectivity index is 2.06. The lowest BCUT2D eigenvalue weighted by molar-refractivity contribution is -0.143. The van der Waals surface area contributed by atoms with Gasteiger partial charge in [0, 0.05) is 29.9 Å². The predicted molar refractivity (Wildman–Crippen MR) is 83.0 cm³/mol. The van der Waals surface area contributed by atoms with E-state index in [2.05, 4.69) is 5.10 Å². The van der Waals surface area contributed by atoms with Crippen LogP contribution in [0.3, 0.4) is 0 Å². The van der Waals surface area contributed by atoms with Gasteiger partial charge in [-0.3, -0.25) is 4.68 Å². The van der Waals surface area contributed by atoms with Gasteiger partial charge in [-0.15, -0.1) is 0 Å². The molecule has 0 radical (unpaired) electrons. The molecule has 128 valence electrons. The Labute approximate surface area is 137 Å². The summed E-state index contributed by atoms with van der Waals surface area (Å²) in [4.78, 5) is 11.8. The number of rotatable bonds is 4. The van der Waals surface area contributed by atoms with E-state index in [0.29, 0.717) is 0 Å². The number of ether oxygens (including phenoxy) is 1. The average Bonchev–Trinajstić information content (AvgIpc) is 2.75. The fraction of sp³-hybridized carbons (Fsp3) is 0.294. The summed E-state index contributed by atoms with van der Waals surface area (Å²) in [6.07, 6.45) is -1.74. The number of esters is 1. The fourth-order valence-corrected chi connectivity index (χ4v) is 2.30. The lowest BCUT2D eigenvalue weighted by atomic mass is 10.1. The SMILES string of the molecule is Cc1nn(C)c(C)c1/C=C/C(=O)OCc1ccccc1C(F)(F)F. The maximum atomic E-state index is 12.9. The number of alkyl halides is 3. The first kappa shape index (κ1) is 17.8. The van der Waals surface area contributed by atoms with Crippen LogP contribution in [0.25, 0.3) is 6.08 Å². The van der Waals surface area contributed by atoms with Crippen LogP contribution in [-0.2, 0) is 29.4 Å². The minimum atomic E-state index is -4.48. The van der Waals surface area contributed by atoms with Crippen LogP contribution in [0, 0.1) is 13.8 Å². The second-order valence-electron chi connectivity index (χ2n) is 5.30. The summed E-state index contributed by atoms with van der Waals surface area (Å²) in [5, 5.41) is 4.21. The number of aryl methyl sites for hydroxylation is 2. The zero-order valence-electron chi connectivity index (χ0n) is 13.5. The molecule has 1 heterocycles. The van der Waals surface area contributed by atoms with Crippen LogP contribution in [0.15, 0.2) is 30.3 Å². The van der Waals surface area contributed by atoms with E-state index in [9.17, 15) is 18.0 Å². The molecule has 0 aliphatic rings. The molecule has 1 aromatic heterocycles. The van der Waals surface area contributed by atoms with Crippen molar-refractivity contribution < 1.29 is 22.7 Å². The molecule has 0 bridgehead atoms. The third kappa shape index (κ3) is 4.04. The van der Waals surface area contributed by atoms with Gasteiger partial charge in [-0.05, 0) is 26.0 Å². The van der Waals surface area contributed by atoms with Crippen LogP contribution in [0.5, 0.6) is 0 Å². The van der Waals surface area contributed by atoms with Crippen molar-refractivity contribution in [3.63, 3.8) is 0 Å². The van der Waals surface area contributed by atoms with Crippen molar-refractivity contribution in [2.75, 3.05) is 0 Å². The van der Waals surface area contributed by atoms with E-state index in [4.69, 9.17) is 4.74 Å². The number of hydrogen-bond acceptors (Lipinski definition) is 3. The van der Waals surface area contributed by atoms with E-state index in [1.165, 1.54) is 24.3 Å². The van der Waals surface area contributed by atoms with Crippen LogP contribution >= 0.6 is 0 Å². The van der Waals surface area contributed by atoms with Gasteiger partial charge in [-0.2, -0.15) is 18.3 Å². The first-order valence-electron chi connectivity index (χ1n) is 7.20. The Morgan fingerprint density at radius 3 is 2.54 bits per heavy atom. The van der Waals surface area contributed by atoms with Crippen molar-refractivity contribution in [3.05, 3.63) is 58.4 Å². The fourth-order valence-electron chi connectivity index (χ4n) is 2.30. The first-order chi connectivity index (χ1) is 11.2. The van der Waals surface area contributed by atoms with Gasteiger partial charge in [-0.25, -0.2) is 4.79 Å². The minimum absolute atomic E-state index is 0.0829. The van der Waals surface area contributed by atoms with E-state index in [1.807, 2.05) is 6.92 Å². The molecule has 4 nitrogen and oxygen atoms in total. The Morgan fingerprint density at radius 1 is 1.29 bits per heavy atom. The van der Waals surface area contributed by atoms with Gasteiger partial charge in [0.05, 0.1) is 11.3 Å². The second-order valence-corrected chi connectivity index (χ2v) is 5.30. The van der Waals surface area contributed by atoms with Crippen LogP contribution < -0.4 is 0 Å². The highest BCUT2D eigenvalue weighted by atomic mass is 19.4. The number of nitrogens with zero attached hydrogens (tertiary/aromatic N) is 2. The Hall–Kier alpha value is -2.57. The van der Waals surface area contributed by atoms with Crippen LogP contribution in [0.1, 0.15) is 28.1 Å². The zero-order valence-corrected chi connectivity index (χ0v) is 13.5. The summed E-state index contributed by atoms with van der Waals surface area (Å²) in [6.45, 7) is 3.21. The van der Waals surface area contributed by atoms with Crippen molar-refractivity contribution in [1.82, 2.24) is 9.78 Å². The topological polar surface area (TPSA) is 44.1 Å². The van der Waals surface area contributed by atoms with Gasteiger partial charge >= 0.3 is 12.1 Å². The molecule has 7 heteroatoms. The van der Waals surface area contributed by atoms with Gasteiger partial charge in [0.25, 0.3) is 0 Å². The van der Waals surface area contributed by atoms with E-state index < -0.39 is 24.3 Å². The number of aromatic nitrogens is 2. The molecule has 1 aromatic carbocycles. The highest BCUT2D eigenvalue weighted by molar-refractivity contribution is 5.87. The van der Waals surface area contributed by atoms with Crippen LogP contribution in [0.2, 0.25) is 0 Å². The summed E-state index contributed by atoms with van der Waals surface area (Å²) >= 11 is 0. The summed E-state index contributed by atoms with van der Waals surface area (Å²) < 4.78 is 45.2. The molecule has 0 fully saturated rings. The molecule has 0 atom stereocenters.